The fourth-order valence-corrected chi connectivity index (χ4v) is 3.25. The lowest BCUT2D eigenvalue weighted by atomic mass is 10.00. The normalized spacial score (nSPS) is 19.8. The van der Waals surface area contributed by atoms with Gasteiger partial charge in [-0.15, -0.1) is 0 Å². The highest BCUT2D eigenvalue weighted by molar-refractivity contribution is 5.94. The van der Waals surface area contributed by atoms with Gasteiger partial charge in [0.25, 0.3) is 5.91 Å². The van der Waals surface area contributed by atoms with Gasteiger partial charge in [-0.05, 0) is 50.4 Å². The molecule has 0 aromatic carbocycles. The summed E-state index contributed by atoms with van der Waals surface area (Å²) in [6.07, 6.45) is 7.68. The Hall–Kier alpha value is -2.21. The summed E-state index contributed by atoms with van der Waals surface area (Å²) in [7, 11) is 0. The molecule has 3 heterocycles. The maximum atomic E-state index is 12.4. The van der Waals surface area contributed by atoms with Crippen molar-refractivity contribution in [3.63, 3.8) is 0 Å². The molecule has 1 N–H and O–H groups in total. The van der Waals surface area contributed by atoms with Crippen LogP contribution in [-0.2, 0) is 0 Å². The van der Waals surface area contributed by atoms with Crippen LogP contribution in [0, 0.1) is 5.92 Å². The van der Waals surface area contributed by atoms with E-state index in [2.05, 4.69) is 34.1 Å². The first-order chi connectivity index (χ1) is 11.6. The summed E-state index contributed by atoms with van der Waals surface area (Å²) in [4.78, 5) is 19.1. The SMILES string of the molecule is C[C@H]1CCCN(C[C@@H](C)NC(=O)c2ccc(-n3cccn3)nc2)C1. The van der Waals surface area contributed by atoms with Crippen molar-refractivity contribution in [2.75, 3.05) is 19.6 Å². The Kier molecular flexibility index (Phi) is 5.25. The van der Waals surface area contributed by atoms with Gasteiger partial charge >= 0.3 is 0 Å². The van der Waals surface area contributed by atoms with E-state index >= 15 is 0 Å². The van der Waals surface area contributed by atoms with Gasteiger partial charge < -0.3 is 10.2 Å². The molecule has 2 atom stereocenters. The lowest BCUT2D eigenvalue weighted by Gasteiger charge is -2.32. The molecule has 24 heavy (non-hydrogen) atoms. The third kappa shape index (κ3) is 4.20. The molecule has 128 valence electrons. The van der Waals surface area contributed by atoms with Crippen molar-refractivity contribution < 1.29 is 4.79 Å². The Labute approximate surface area is 142 Å². The van der Waals surface area contributed by atoms with E-state index in [1.807, 2.05) is 12.3 Å². The molecule has 6 heteroatoms. The van der Waals surface area contributed by atoms with E-state index in [0.29, 0.717) is 11.4 Å². The average molecular weight is 327 g/mol. The molecule has 0 saturated carbocycles. The number of hydrogen-bond donors (Lipinski definition) is 1. The number of carbonyl (C=O) groups is 1. The number of carbonyl (C=O) groups excluding carboxylic acids is 1. The smallest absolute Gasteiger partial charge is 0.253 e. The Morgan fingerprint density at radius 3 is 3.00 bits per heavy atom. The number of likely N-dealkylation sites (tertiary alicyclic amines) is 1. The van der Waals surface area contributed by atoms with E-state index in [4.69, 9.17) is 0 Å². The number of amides is 1. The predicted octanol–water partition coefficient (Wildman–Crippen LogP) is 2.12. The van der Waals surface area contributed by atoms with Crippen LogP contribution in [-0.4, -0.2) is 51.2 Å². The Balaban J connectivity index is 1.54. The van der Waals surface area contributed by atoms with Gasteiger partial charge in [-0.25, -0.2) is 9.67 Å². The molecule has 0 spiro atoms. The number of hydrogen-bond acceptors (Lipinski definition) is 4. The first-order valence-corrected chi connectivity index (χ1v) is 8.61. The van der Waals surface area contributed by atoms with Crippen molar-refractivity contribution in [3.05, 3.63) is 42.4 Å². The van der Waals surface area contributed by atoms with Crippen LogP contribution >= 0.6 is 0 Å². The standard InChI is InChI=1S/C18H25N5O/c1-14-5-3-9-22(12-14)13-15(2)21-18(24)16-6-7-17(19-11-16)23-10-4-8-20-23/h4,6-8,10-11,14-15H,3,5,9,12-13H2,1-2H3,(H,21,24)/t14-,15+/m0/s1. The molecular weight excluding hydrogens is 302 g/mol. The molecule has 1 saturated heterocycles. The van der Waals surface area contributed by atoms with Crippen LogP contribution in [0.2, 0.25) is 0 Å². The largest absolute Gasteiger partial charge is 0.348 e. The van der Waals surface area contributed by atoms with Crippen molar-refractivity contribution in [2.45, 2.75) is 32.7 Å². The summed E-state index contributed by atoms with van der Waals surface area (Å²) in [6.45, 7) is 7.50. The Bertz CT molecular complexity index is 653. The van der Waals surface area contributed by atoms with Gasteiger partial charge in [0.1, 0.15) is 0 Å². The monoisotopic (exact) mass is 327 g/mol. The third-order valence-corrected chi connectivity index (χ3v) is 4.40. The molecule has 1 fully saturated rings. The van der Waals surface area contributed by atoms with Gasteiger partial charge in [-0.3, -0.25) is 4.79 Å². The molecule has 0 bridgehead atoms. The lowest BCUT2D eigenvalue weighted by Crippen LogP contribution is -2.45. The Morgan fingerprint density at radius 1 is 1.46 bits per heavy atom. The maximum absolute atomic E-state index is 12.4. The van der Waals surface area contributed by atoms with Crippen molar-refractivity contribution in [3.8, 4) is 5.82 Å². The molecule has 1 amide bonds. The second-order valence-corrected chi connectivity index (χ2v) is 6.74. The number of nitrogens with zero attached hydrogens (tertiary/aromatic N) is 4. The quantitative estimate of drug-likeness (QED) is 0.914. The first-order valence-electron chi connectivity index (χ1n) is 8.61. The van der Waals surface area contributed by atoms with Crippen LogP contribution in [0.1, 0.15) is 37.0 Å². The van der Waals surface area contributed by atoms with Crippen LogP contribution < -0.4 is 5.32 Å². The number of piperidine rings is 1. The van der Waals surface area contributed by atoms with Crippen LogP contribution in [0.5, 0.6) is 0 Å². The molecule has 0 aliphatic carbocycles. The van der Waals surface area contributed by atoms with Gasteiger partial charge in [-0.1, -0.05) is 6.92 Å². The minimum atomic E-state index is -0.0768. The predicted molar refractivity (Wildman–Crippen MR) is 93.1 cm³/mol. The van der Waals surface area contributed by atoms with Crippen molar-refractivity contribution >= 4 is 5.91 Å². The average Bonchev–Trinajstić information content (AvgIpc) is 3.09. The van der Waals surface area contributed by atoms with Crippen LogP contribution in [0.3, 0.4) is 0 Å². The fourth-order valence-electron chi connectivity index (χ4n) is 3.25. The number of nitrogens with one attached hydrogen (secondary N) is 1. The summed E-state index contributed by atoms with van der Waals surface area (Å²) in [6, 6.07) is 5.55. The minimum absolute atomic E-state index is 0.0768. The summed E-state index contributed by atoms with van der Waals surface area (Å²) in [5.74, 6) is 1.37. The number of aromatic nitrogens is 3. The van der Waals surface area contributed by atoms with Crippen molar-refractivity contribution in [2.24, 2.45) is 5.92 Å². The van der Waals surface area contributed by atoms with Gasteiger partial charge in [0, 0.05) is 37.7 Å². The van der Waals surface area contributed by atoms with Gasteiger partial charge in [-0.2, -0.15) is 5.10 Å². The van der Waals surface area contributed by atoms with E-state index in [1.54, 1.807) is 29.2 Å². The fraction of sp³-hybridized carbons (Fsp3) is 0.500. The van der Waals surface area contributed by atoms with E-state index in [9.17, 15) is 4.79 Å². The van der Waals surface area contributed by atoms with Crippen LogP contribution in [0.25, 0.3) is 5.82 Å². The van der Waals surface area contributed by atoms with Gasteiger partial charge in [0.2, 0.25) is 0 Å². The first kappa shape index (κ1) is 16.6. The highest BCUT2D eigenvalue weighted by Crippen LogP contribution is 2.15. The summed E-state index contributed by atoms with van der Waals surface area (Å²) in [5.41, 5.74) is 0.574. The number of rotatable bonds is 5. The number of pyridine rings is 1. The summed E-state index contributed by atoms with van der Waals surface area (Å²) < 4.78 is 1.67. The molecule has 6 nitrogen and oxygen atoms in total. The van der Waals surface area contributed by atoms with Crippen LogP contribution in [0.15, 0.2) is 36.8 Å². The molecule has 1 aliphatic heterocycles. The topological polar surface area (TPSA) is 63.1 Å². The molecule has 2 aromatic rings. The summed E-state index contributed by atoms with van der Waals surface area (Å²) >= 11 is 0. The van der Waals surface area contributed by atoms with Crippen LogP contribution in [0.4, 0.5) is 0 Å². The zero-order valence-electron chi connectivity index (χ0n) is 14.4. The zero-order chi connectivity index (χ0) is 16.9. The van der Waals surface area contributed by atoms with E-state index in [0.717, 1.165) is 25.6 Å². The molecule has 3 rings (SSSR count). The Morgan fingerprint density at radius 2 is 2.33 bits per heavy atom. The van der Waals surface area contributed by atoms with Crippen molar-refractivity contribution in [1.29, 1.82) is 0 Å². The highest BCUT2D eigenvalue weighted by atomic mass is 16.1. The third-order valence-electron chi connectivity index (χ3n) is 4.40. The molecule has 0 radical (unpaired) electrons. The second kappa shape index (κ2) is 7.57. The molecular formula is C18H25N5O. The van der Waals surface area contributed by atoms with E-state index < -0.39 is 0 Å². The lowest BCUT2D eigenvalue weighted by molar-refractivity contribution is 0.0919. The van der Waals surface area contributed by atoms with Gasteiger partial charge in [0.15, 0.2) is 5.82 Å². The van der Waals surface area contributed by atoms with E-state index in [1.165, 1.54) is 12.8 Å². The minimum Gasteiger partial charge on any atom is -0.348 e. The zero-order valence-corrected chi connectivity index (χ0v) is 14.4. The van der Waals surface area contributed by atoms with Gasteiger partial charge in [0.05, 0.1) is 5.56 Å². The van der Waals surface area contributed by atoms with E-state index in [-0.39, 0.29) is 11.9 Å². The summed E-state index contributed by atoms with van der Waals surface area (Å²) in [5, 5.41) is 7.20. The maximum Gasteiger partial charge on any atom is 0.253 e. The molecule has 1 aliphatic rings. The molecule has 0 unspecified atom stereocenters. The highest BCUT2D eigenvalue weighted by Gasteiger charge is 2.19. The second-order valence-electron chi connectivity index (χ2n) is 6.74. The van der Waals surface area contributed by atoms with Crippen molar-refractivity contribution in [1.82, 2.24) is 25.0 Å². The molecule has 2 aromatic heterocycles.